The molecule has 0 aliphatic heterocycles. The molecule has 2 rings (SSSR count). The van der Waals surface area contributed by atoms with Crippen LogP contribution >= 0.6 is 12.4 Å². The number of likely N-dealkylation sites (N-methyl/N-ethyl adjacent to an activating group) is 1. The summed E-state index contributed by atoms with van der Waals surface area (Å²) in [7, 11) is 6.88. The molecule has 0 saturated carbocycles. The van der Waals surface area contributed by atoms with Gasteiger partial charge in [0.15, 0.2) is 11.5 Å². The van der Waals surface area contributed by atoms with Crippen molar-refractivity contribution in [2.24, 2.45) is 0 Å². The van der Waals surface area contributed by atoms with Crippen LogP contribution in [0.4, 0.5) is 5.69 Å². The number of amides is 1. The maximum atomic E-state index is 12.1. The number of carbonyl (C=O) groups is 1. The molecule has 0 saturated heterocycles. The molecule has 1 N–H and O–H groups in total. The molecule has 0 unspecified atom stereocenters. The Bertz CT molecular complexity index is 755. The largest absolute Gasteiger partial charge is 0.497 e. The normalized spacial score (nSPS) is 10.2. The van der Waals surface area contributed by atoms with Crippen LogP contribution in [-0.4, -0.2) is 52.3 Å². The number of nitrogens with one attached hydrogen (secondary N) is 1. The minimum absolute atomic E-state index is 0. The zero-order valence-corrected chi connectivity index (χ0v) is 17.7. The zero-order chi connectivity index (χ0) is 19.6. The molecule has 0 aliphatic carbocycles. The number of anilines is 1. The molecule has 7 heteroatoms. The van der Waals surface area contributed by atoms with E-state index in [-0.39, 0.29) is 18.3 Å². The van der Waals surface area contributed by atoms with E-state index in [1.54, 1.807) is 27.4 Å². The lowest BCUT2D eigenvalue weighted by atomic mass is 10.1. The topological polar surface area (TPSA) is 60.0 Å². The standard InChI is InChI=1S/C21H28N2O4.ClH/c1-23(12-10-16-8-9-19(26-3)20(14-16)27-4)13-11-21(24)22-17-6-5-7-18(15-17)25-2;/h5-9,14-15H,10-13H2,1-4H3,(H,22,24);1H. The monoisotopic (exact) mass is 408 g/mol. The van der Waals surface area contributed by atoms with Crippen molar-refractivity contribution in [3.05, 3.63) is 48.0 Å². The van der Waals surface area contributed by atoms with Crippen molar-refractivity contribution in [2.45, 2.75) is 12.8 Å². The number of carbonyl (C=O) groups excluding carboxylic acids is 1. The molecule has 0 radical (unpaired) electrons. The van der Waals surface area contributed by atoms with Crippen LogP contribution in [0, 0.1) is 0 Å². The average molecular weight is 409 g/mol. The molecule has 0 bridgehead atoms. The molecule has 2 aromatic carbocycles. The number of methoxy groups -OCH3 is 3. The van der Waals surface area contributed by atoms with Crippen molar-refractivity contribution >= 4 is 24.0 Å². The predicted octanol–water partition coefficient (Wildman–Crippen LogP) is 3.64. The highest BCUT2D eigenvalue weighted by Gasteiger charge is 2.08. The van der Waals surface area contributed by atoms with E-state index in [1.165, 1.54) is 5.56 Å². The van der Waals surface area contributed by atoms with E-state index in [4.69, 9.17) is 14.2 Å². The van der Waals surface area contributed by atoms with Gasteiger partial charge in [0.1, 0.15) is 5.75 Å². The Balaban J connectivity index is 0.00000392. The molecular formula is C21H29ClN2O4. The highest BCUT2D eigenvalue weighted by molar-refractivity contribution is 5.91. The number of hydrogen-bond acceptors (Lipinski definition) is 5. The Labute approximate surface area is 173 Å². The number of nitrogens with zero attached hydrogens (tertiary/aromatic N) is 1. The molecule has 1 amide bonds. The lowest BCUT2D eigenvalue weighted by Crippen LogP contribution is -2.26. The lowest BCUT2D eigenvalue weighted by Gasteiger charge is -2.17. The molecule has 154 valence electrons. The van der Waals surface area contributed by atoms with Crippen molar-refractivity contribution in [1.82, 2.24) is 4.90 Å². The van der Waals surface area contributed by atoms with Crippen LogP contribution in [0.25, 0.3) is 0 Å². The zero-order valence-electron chi connectivity index (χ0n) is 16.9. The Morgan fingerprint density at radius 3 is 2.39 bits per heavy atom. The lowest BCUT2D eigenvalue weighted by molar-refractivity contribution is -0.116. The predicted molar refractivity (Wildman–Crippen MR) is 114 cm³/mol. The number of benzene rings is 2. The molecule has 0 heterocycles. The molecule has 2 aromatic rings. The number of ether oxygens (including phenoxy) is 3. The highest BCUT2D eigenvalue weighted by atomic mass is 35.5. The second-order valence-corrected chi connectivity index (χ2v) is 6.27. The summed E-state index contributed by atoms with van der Waals surface area (Å²) < 4.78 is 15.8. The number of halogens is 1. The Kier molecular flexibility index (Phi) is 10.2. The summed E-state index contributed by atoms with van der Waals surface area (Å²) in [5.41, 5.74) is 1.91. The SMILES string of the molecule is COc1cccc(NC(=O)CCN(C)CCc2ccc(OC)c(OC)c2)c1.Cl. The summed E-state index contributed by atoms with van der Waals surface area (Å²) in [6.45, 7) is 1.53. The maximum absolute atomic E-state index is 12.1. The van der Waals surface area contributed by atoms with Crippen molar-refractivity contribution in [2.75, 3.05) is 46.8 Å². The summed E-state index contributed by atoms with van der Waals surface area (Å²) in [6, 6.07) is 13.3. The van der Waals surface area contributed by atoms with Gasteiger partial charge in [-0.15, -0.1) is 12.4 Å². The third-order valence-electron chi connectivity index (χ3n) is 4.30. The van der Waals surface area contributed by atoms with Crippen LogP contribution < -0.4 is 19.5 Å². The van der Waals surface area contributed by atoms with E-state index in [0.717, 1.165) is 35.9 Å². The van der Waals surface area contributed by atoms with Gasteiger partial charge in [-0.1, -0.05) is 12.1 Å². The average Bonchev–Trinajstić information content (AvgIpc) is 2.70. The fraction of sp³-hybridized carbons (Fsp3) is 0.381. The molecule has 28 heavy (non-hydrogen) atoms. The highest BCUT2D eigenvalue weighted by Crippen LogP contribution is 2.27. The van der Waals surface area contributed by atoms with Crippen LogP contribution in [-0.2, 0) is 11.2 Å². The van der Waals surface area contributed by atoms with Crippen LogP contribution in [0.5, 0.6) is 17.2 Å². The smallest absolute Gasteiger partial charge is 0.225 e. The van der Waals surface area contributed by atoms with Crippen LogP contribution in [0.15, 0.2) is 42.5 Å². The molecule has 0 aliphatic rings. The molecule has 0 spiro atoms. The van der Waals surface area contributed by atoms with Gasteiger partial charge in [0.25, 0.3) is 0 Å². The minimum Gasteiger partial charge on any atom is -0.497 e. The fourth-order valence-electron chi connectivity index (χ4n) is 2.68. The van der Waals surface area contributed by atoms with E-state index < -0.39 is 0 Å². The maximum Gasteiger partial charge on any atom is 0.225 e. The first-order chi connectivity index (χ1) is 13.0. The number of rotatable bonds is 10. The summed E-state index contributed by atoms with van der Waals surface area (Å²) in [5, 5.41) is 2.90. The third kappa shape index (κ3) is 7.29. The molecule has 0 fully saturated rings. The van der Waals surface area contributed by atoms with Crippen molar-refractivity contribution in [3.8, 4) is 17.2 Å². The minimum atomic E-state index is -0.0128. The van der Waals surface area contributed by atoms with Crippen LogP contribution in [0.3, 0.4) is 0 Å². The van der Waals surface area contributed by atoms with Crippen molar-refractivity contribution in [3.63, 3.8) is 0 Å². The Morgan fingerprint density at radius 2 is 1.71 bits per heavy atom. The fourth-order valence-corrected chi connectivity index (χ4v) is 2.68. The second-order valence-electron chi connectivity index (χ2n) is 6.27. The quantitative estimate of drug-likeness (QED) is 0.650. The van der Waals surface area contributed by atoms with Gasteiger partial charge >= 0.3 is 0 Å². The molecular weight excluding hydrogens is 380 g/mol. The second kappa shape index (κ2) is 12.1. The van der Waals surface area contributed by atoms with E-state index in [2.05, 4.69) is 10.2 Å². The Hall–Kier alpha value is -2.44. The van der Waals surface area contributed by atoms with Gasteiger partial charge in [0.05, 0.1) is 21.3 Å². The number of hydrogen-bond donors (Lipinski definition) is 1. The van der Waals surface area contributed by atoms with Crippen molar-refractivity contribution < 1.29 is 19.0 Å². The first-order valence-electron chi connectivity index (χ1n) is 8.89. The molecule has 6 nitrogen and oxygen atoms in total. The summed E-state index contributed by atoms with van der Waals surface area (Å²) in [6.07, 6.45) is 1.30. The summed E-state index contributed by atoms with van der Waals surface area (Å²) in [5.74, 6) is 2.17. The van der Waals surface area contributed by atoms with Gasteiger partial charge in [-0.05, 0) is 43.3 Å². The van der Waals surface area contributed by atoms with Crippen LogP contribution in [0.1, 0.15) is 12.0 Å². The first-order valence-corrected chi connectivity index (χ1v) is 8.89. The van der Waals surface area contributed by atoms with Gasteiger partial charge in [-0.25, -0.2) is 0 Å². The van der Waals surface area contributed by atoms with Gasteiger partial charge < -0.3 is 24.4 Å². The van der Waals surface area contributed by atoms with Gasteiger partial charge in [-0.3, -0.25) is 4.79 Å². The molecule has 0 atom stereocenters. The Morgan fingerprint density at radius 1 is 0.964 bits per heavy atom. The summed E-state index contributed by atoms with van der Waals surface area (Å²) >= 11 is 0. The van der Waals surface area contributed by atoms with E-state index in [1.807, 2.05) is 43.4 Å². The van der Waals surface area contributed by atoms with Gasteiger partial charge in [0.2, 0.25) is 5.91 Å². The molecule has 0 aromatic heterocycles. The van der Waals surface area contributed by atoms with E-state index in [0.29, 0.717) is 13.0 Å². The van der Waals surface area contributed by atoms with Crippen molar-refractivity contribution in [1.29, 1.82) is 0 Å². The van der Waals surface area contributed by atoms with E-state index in [9.17, 15) is 4.79 Å². The van der Waals surface area contributed by atoms with Gasteiger partial charge in [0, 0.05) is 31.3 Å². The van der Waals surface area contributed by atoms with E-state index >= 15 is 0 Å². The third-order valence-corrected chi connectivity index (χ3v) is 4.30. The van der Waals surface area contributed by atoms with Gasteiger partial charge in [-0.2, -0.15) is 0 Å². The first kappa shape index (κ1) is 23.6. The summed E-state index contributed by atoms with van der Waals surface area (Å²) in [4.78, 5) is 14.3. The van der Waals surface area contributed by atoms with Crippen LogP contribution in [0.2, 0.25) is 0 Å².